The third-order valence-electron chi connectivity index (χ3n) is 3.21. The zero-order valence-corrected chi connectivity index (χ0v) is 13.3. The molecule has 1 aromatic carbocycles. The van der Waals surface area contributed by atoms with Crippen molar-refractivity contribution in [2.45, 2.75) is 18.7 Å². The predicted molar refractivity (Wildman–Crippen MR) is 81.6 cm³/mol. The van der Waals surface area contributed by atoms with Gasteiger partial charge in [0, 0.05) is 19.8 Å². The topological polar surface area (TPSA) is 92.5 Å². The van der Waals surface area contributed by atoms with Gasteiger partial charge in [0.15, 0.2) is 0 Å². The number of aromatic carboxylic acids is 1. The third-order valence-corrected chi connectivity index (χ3v) is 5.05. The van der Waals surface area contributed by atoms with Crippen LogP contribution < -0.4 is 4.31 Å². The second-order valence-corrected chi connectivity index (χ2v) is 6.71. The maximum absolute atomic E-state index is 12.7. The molecule has 0 atom stereocenters. The predicted octanol–water partition coefficient (Wildman–Crippen LogP) is 1.64. The Bertz CT molecular complexity index is 811. The molecule has 0 spiro atoms. The van der Waals surface area contributed by atoms with Gasteiger partial charge in [0.25, 0.3) is 10.0 Å². The zero-order valence-electron chi connectivity index (χ0n) is 12.5. The summed E-state index contributed by atoms with van der Waals surface area (Å²) in [5.74, 6) is -1.17. The number of aromatic nitrogens is 2. The van der Waals surface area contributed by atoms with Crippen LogP contribution in [0.15, 0.2) is 35.5 Å². The smallest absolute Gasteiger partial charge is 0.337 e. The number of sulfonamides is 1. The highest BCUT2D eigenvalue weighted by atomic mass is 32.2. The molecule has 118 valence electrons. The summed E-state index contributed by atoms with van der Waals surface area (Å²) in [6.07, 6.45) is 2.62. The van der Waals surface area contributed by atoms with Crippen LogP contribution in [0.5, 0.6) is 0 Å². The lowest BCUT2D eigenvalue weighted by atomic mass is 10.1. The van der Waals surface area contributed by atoms with Crippen molar-refractivity contribution < 1.29 is 18.3 Å². The molecule has 0 aliphatic carbocycles. The summed E-state index contributed by atoms with van der Waals surface area (Å²) < 4.78 is 27.9. The van der Waals surface area contributed by atoms with Gasteiger partial charge < -0.3 is 5.11 Å². The van der Waals surface area contributed by atoms with Crippen LogP contribution in [-0.4, -0.2) is 35.8 Å². The highest BCUT2D eigenvalue weighted by Crippen LogP contribution is 2.27. The molecule has 2 aromatic rings. The van der Waals surface area contributed by atoms with E-state index in [4.69, 9.17) is 0 Å². The molecule has 0 aliphatic heterocycles. The quantitative estimate of drug-likeness (QED) is 0.903. The standard InChI is InChI=1S/C14H17N3O4S/c1-4-17(22(20,21)11-8-15-16(3)9-11)13-6-5-10(2)7-12(13)14(18)19/h5-9H,4H2,1-3H3,(H,18,19). The Morgan fingerprint density at radius 3 is 2.59 bits per heavy atom. The number of hydrogen-bond acceptors (Lipinski definition) is 4. The lowest BCUT2D eigenvalue weighted by Crippen LogP contribution is -2.32. The van der Waals surface area contributed by atoms with Crippen molar-refractivity contribution in [2.75, 3.05) is 10.8 Å². The summed E-state index contributed by atoms with van der Waals surface area (Å²) in [7, 11) is -2.25. The molecule has 0 radical (unpaired) electrons. The van der Waals surface area contributed by atoms with Gasteiger partial charge >= 0.3 is 5.97 Å². The van der Waals surface area contributed by atoms with Crippen LogP contribution in [0.3, 0.4) is 0 Å². The van der Waals surface area contributed by atoms with Gasteiger partial charge in [-0.3, -0.25) is 8.99 Å². The van der Waals surface area contributed by atoms with Crippen LogP contribution in [0.2, 0.25) is 0 Å². The van der Waals surface area contributed by atoms with Crippen LogP contribution in [0.25, 0.3) is 0 Å². The number of benzene rings is 1. The maximum Gasteiger partial charge on any atom is 0.337 e. The van der Waals surface area contributed by atoms with Gasteiger partial charge in [-0.05, 0) is 26.0 Å². The Balaban J connectivity index is 2.60. The van der Waals surface area contributed by atoms with Crippen LogP contribution in [-0.2, 0) is 17.1 Å². The van der Waals surface area contributed by atoms with Crippen LogP contribution >= 0.6 is 0 Å². The van der Waals surface area contributed by atoms with E-state index in [1.165, 1.54) is 29.2 Å². The Morgan fingerprint density at radius 1 is 1.41 bits per heavy atom. The first-order chi connectivity index (χ1) is 10.3. The second-order valence-electron chi connectivity index (χ2n) is 4.85. The molecular formula is C14H17N3O4S. The highest BCUT2D eigenvalue weighted by Gasteiger charge is 2.28. The highest BCUT2D eigenvalue weighted by molar-refractivity contribution is 7.92. The van der Waals surface area contributed by atoms with E-state index in [0.717, 1.165) is 9.87 Å². The zero-order chi connectivity index (χ0) is 16.5. The minimum absolute atomic E-state index is 0.0220. The minimum atomic E-state index is -3.87. The second kappa shape index (κ2) is 5.80. The van der Waals surface area contributed by atoms with Gasteiger partial charge in [-0.2, -0.15) is 5.10 Å². The van der Waals surface area contributed by atoms with Gasteiger partial charge in [-0.25, -0.2) is 13.2 Å². The molecule has 2 rings (SSSR count). The van der Waals surface area contributed by atoms with Gasteiger partial charge in [0.05, 0.1) is 17.4 Å². The van der Waals surface area contributed by atoms with E-state index < -0.39 is 16.0 Å². The summed E-state index contributed by atoms with van der Waals surface area (Å²) >= 11 is 0. The van der Waals surface area contributed by atoms with Crippen LogP contribution in [0.4, 0.5) is 5.69 Å². The maximum atomic E-state index is 12.7. The van der Waals surface area contributed by atoms with Crippen molar-refractivity contribution >= 4 is 21.7 Å². The molecule has 1 aromatic heterocycles. The monoisotopic (exact) mass is 323 g/mol. The molecule has 0 amide bonds. The number of aryl methyl sites for hydroxylation is 2. The first-order valence-corrected chi connectivity index (χ1v) is 8.06. The molecule has 0 fully saturated rings. The van der Waals surface area contributed by atoms with Crippen molar-refractivity contribution in [1.29, 1.82) is 0 Å². The molecule has 0 saturated heterocycles. The molecule has 0 bridgehead atoms. The molecule has 0 saturated carbocycles. The van der Waals surface area contributed by atoms with E-state index in [0.29, 0.717) is 0 Å². The van der Waals surface area contributed by atoms with E-state index in [1.807, 2.05) is 0 Å². The summed E-state index contributed by atoms with van der Waals surface area (Å²) in [6.45, 7) is 3.52. The normalized spacial score (nSPS) is 11.4. The lowest BCUT2D eigenvalue weighted by Gasteiger charge is -2.23. The Hall–Kier alpha value is -2.35. The van der Waals surface area contributed by atoms with Crippen molar-refractivity contribution in [3.63, 3.8) is 0 Å². The number of carbonyl (C=O) groups is 1. The molecule has 8 heteroatoms. The molecule has 7 nitrogen and oxygen atoms in total. The Labute approximate surface area is 128 Å². The Kier molecular flexibility index (Phi) is 4.23. The number of carboxylic acid groups (broad SMARTS) is 1. The lowest BCUT2D eigenvalue weighted by molar-refractivity contribution is 0.0697. The summed E-state index contributed by atoms with van der Waals surface area (Å²) in [4.78, 5) is 11.4. The summed E-state index contributed by atoms with van der Waals surface area (Å²) in [5, 5.41) is 13.2. The van der Waals surface area contributed by atoms with Gasteiger partial charge in [-0.15, -0.1) is 0 Å². The van der Waals surface area contributed by atoms with E-state index in [2.05, 4.69) is 5.10 Å². The van der Waals surface area contributed by atoms with E-state index in [9.17, 15) is 18.3 Å². The summed E-state index contributed by atoms with van der Waals surface area (Å²) in [6, 6.07) is 4.65. The van der Waals surface area contributed by atoms with Gasteiger partial charge in [-0.1, -0.05) is 11.6 Å². The van der Waals surface area contributed by atoms with Crippen LogP contribution in [0, 0.1) is 6.92 Å². The van der Waals surface area contributed by atoms with Crippen molar-refractivity contribution in [2.24, 2.45) is 7.05 Å². The average molecular weight is 323 g/mol. The van der Waals surface area contributed by atoms with Crippen molar-refractivity contribution in [3.05, 3.63) is 41.7 Å². The molecule has 22 heavy (non-hydrogen) atoms. The molecule has 0 unspecified atom stereocenters. The number of nitrogens with zero attached hydrogens (tertiary/aromatic N) is 3. The van der Waals surface area contributed by atoms with Crippen molar-refractivity contribution in [3.8, 4) is 0 Å². The number of carboxylic acids is 1. The van der Waals surface area contributed by atoms with Gasteiger partial charge in [0.1, 0.15) is 4.90 Å². The average Bonchev–Trinajstić information content (AvgIpc) is 2.88. The first-order valence-electron chi connectivity index (χ1n) is 6.62. The summed E-state index contributed by atoms with van der Waals surface area (Å²) in [5.41, 5.74) is 0.842. The molecule has 1 N–H and O–H groups in total. The minimum Gasteiger partial charge on any atom is -0.478 e. The molecule has 1 heterocycles. The third kappa shape index (κ3) is 2.82. The first kappa shape index (κ1) is 16.0. The number of anilines is 1. The number of hydrogen-bond donors (Lipinski definition) is 1. The van der Waals surface area contributed by atoms with E-state index in [-0.39, 0.29) is 22.7 Å². The van der Waals surface area contributed by atoms with Crippen LogP contribution in [0.1, 0.15) is 22.8 Å². The van der Waals surface area contributed by atoms with E-state index in [1.54, 1.807) is 27.0 Å². The fraction of sp³-hybridized carbons (Fsp3) is 0.286. The van der Waals surface area contributed by atoms with Gasteiger partial charge in [0.2, 0.25) is 0 Å². The van der Waals surface area contributed by atoms with E-state index >= 15 is 0 Å². The number of rotatable bonds is 5. The Morgan fingerprint density at radius 2 is 2.09 bits per heavy atom. The SMILES string of the molecule is CCN(c1ccc(C)cc1C(=O)O)S(=O)(=O)c1cnn(C)c1. The fourth-order valence-corrected chi connectivity index (χ4v) is 3.65. The largest absolute Gasteiger partial charge is 0.478 e. The molecular weight excluding hydrogens is 306 g/mol. The molecule has 0 aliphatic rings. The fourth-order valence-electron chi connectivity index (χ4n) is 2.17. The van der Waals surface area contributed by atoms with Crippen molar-refractivity contribution in [1.82, 2.24) is 9.78 Å².